The molecule has 0 saturated carbocycles. The number of para-hydroxylation sites is 2. The third-order valence-corrected chi connectivity index (χ3v) is 3.63. The molecule has 24 heavy (non-hydrogen) atoms. The Morgan fingerprint density at radius 2 is 1.71 bits per heavy atom. The number of rotatable bonds is 5. The van der Waals surface area contributed by atoms with Crippen LogP contribution in [0.4, 0.5) is 11.5 Å². The zero-order chi connectivity index (χ0) is 16.9. The van der Waals surface area contributed by atoms with Crippen molar-refractivity contribution >= 4 is 11.5 Å². The summed E-state index contributed by atoms with van der Waals surface area (Å²) in [4.78, 5) is 9.05. The predicted molar refractivity (Wildman–Crippen MR) is 97.8 cm³/mol. The van der Waals surface area contributed by atoms with E-state index >= 15 is 0 Å². The third-order valence-electron chi connectivity index (χ3n) is 3.63. The summed E-state index contributed by atoms with van der Waals surface area (Å²) in [6.45, 7) is 6.57. The van der Waals surface area contributed by atoms with Gasteiger partial charge in [0.2, 0.25) is 0 Å². The largest absolute Gasteiger partial charge is 0.492 e. The number of benzene rings is 2. The van der Waals surface area contributed by atoms with Crippen molar-refractivity contribution in [2.45, 2.75) is 20.8 Å². The van der Waals surface area contributed by atoms with Gasteiger partial charge in [0.1, 0.15) is 17.4 Å². The quantitative estimate of drug-likeness (QED) is 0.726. The summed E-state index contributed by atoms with van der Waals surface area (Å²) >= 11 is 0. The maximum atomic E-state index is 5.66. The normalized spacial score (nSPS) is 10.5. The fraction of sp³-hybridized carbons (Fsp3) is 0.200. The number of ether oxygens (including phenoxy) is 1. The van der Waals surface area contributed by atoms with E-state index in [0.29, 0.717) is 6.61 Å². The highest BCUT2D eigenvalue weighted by atomic mass is 16.5. The maximum absolute atomic E-state index is 5.66. The number of nitrogens with one attached hydrogen (secondary N) is 1. The van der Waals surface area contributed by atoms with Gasteiger partial charge in [-0.25, -0.2) is 9.97 Å². The van der Waals surface area contributed by atoms with Crippen molar-refractivity contribution in [2.75, 3.05) is 11.9 Å². The zero-order valence-electron chi connectivity index (χ0n) is 14.2. The molecule has 3 aromatic rings. The number of hydrogen-bond donors (Lipinski definition) is 1. The number of aromatic nitrogens is 2. The first kappa shape index (κ1) is 16.0. The molecule has 0 amide bonds. The lowest BCUT2D eigenvalue weighted by atomic mass is 10.1. The lowest BCUT2D eigenvalue weighted by Gasteiger charge is -2.13. The van der Waals surface area contributed by atoms with Gasteiger partial charge < -0.3 is 10.1 Å². The van der Waals surface area contributed by atoms with Crippen molar-refractivity contribution in [1.82, 2.24) is 9.97 Å². The number of anilines is 2. The van der Waals surface area contributed by atoms with Crippen LogP contribution < -0.4 is 10.1 Å². The molecule has 1 aromatic heterocycles. The summed E-state index contributed by atoms with van der Waals surface area (Å²) in [6.07, 6.45) is 0. The summed E-state index contributed by atoms with van der Waals surface area (Å²) in [5, 5.41) is 3.34. The third kappa shape index (κ3) is 3.71. The molecule has 0 atom stereocenters. The molecule has 0 aliphatic heterocycles. The van der Waals surface area contributed by atoms with E-state index in [9.17, 15) is 0 Å². The van der Waals surface area contributed by atoms with E-state index in [1.54, 1.807) is 0 Å². The van der Waals surface area contributed by atoms with E-state index in [1.165, 1.54) is 5.56 Å². The Bertz CT molecular complexity index is 829. The Hall–Kier alpha value is -2.88. The van der Waals surface area contributed by atoms with Crippen molar-refractivity contribution in [3.8, 4) is 17.0 Å². The van der Waals surface area contributed by atoms with Gasteiger partial charge in [-0.3, -0.25) is 0 Å². The first-order chi connectivity index (χ1) is 11.7. The van der Waals surface area contributed by atoms with Gasteiger partial charge >= 0.3 is 0 Å². The van der Waals surface area contributed by atoms with Gasteiger partial charge in [-0.05, 0) is 32.9 Å². The van der Waals surface area contributed by atoms with E-state index < -0.39 is 0 Å². The summed E-state index contributed by atoms with van der Waals surface area (Å²) in [6, 6.07) is 18.1. The van der Waals surface area contributed by atoms with Crippen molar-refractivity contribution in [3.05, 3.63) is 66.0 Å². The average Bonchev–Trinajstić information content (AvgIpc) is 2.57. The summed E-state index contributed by atoms with van der Waals surface area (Å²) in [5.74, 6) is 2.29. The van der Waals surface area contributed by atoms with Crippen LogP contribution in [-0.2, 0) is 0 Å². The van der Waals surface area contributed by atoms with Crippen LogP contribution in [-0.4, -0.2) is 16.6 Å². The fourth-order valence-electron chi connectivity index (χ4n) is 2.49. The molecule has 3 rings (SSSR count). The van der Waals surface area contributed by atoms with Crippen LogP contribution in [0.15, 0.2) is 54.6 Å². The molecule has 2 aromatic carbocycles. The minimum atomic E-state index is 0.621. The highest BCUT2D eigenvalue weighted by Crippen LogP contribution is 2.28. The van der Waals surface area contributed by atoms with Gasteiger partial charge in [0.15, 0.2) is 0 Å². The van der Waals surface area contributed by atoms with E-state index in [0.717, 1.165) is 34.3 Å². The molecule has 1 N–H and O–H groups in total. The molecule has 0 radical (unpaired) electrons. The summed E-state index contributed by atoms with van der Waals surface area (Å²) in [7, 11) is 0. The highest BCUT2D eigenvalue weighted by Gasteiger charge is 2.07. The second-order valence-electron chi connectivity index (χ2n) is 5.61. The van der Waals surface area contributed by atoms with Crippen molar-refractivity contribution in [3.63, 3.8) is 0 Å². The van der Waals surface area contributed by atoms with Crippen LogP contribution in [0, 0.1) is 13.8 Å². The zero-order valence-corrected chi connectivity index (χ0v) is 14.2. The molecule has 122 valence electrons. The minimum absolute atomic E-state index is 0.621. The number of nitrogens with zero attached hydrogens (tertiary/aromatic N) is 2. The standard InChI is InChI=1S/C20H21N3O/c1-4-24-19-8-6-5-7-17(19)23-20-13-18(21-15(3)22-20)16-11-9-14(2)10-12-16/h5-13H,4H2,1-3H3,(H,21,22,23). The molecular weight excluding hydrogens is 298 g/mol. The van der Waals surface area contributed by atoms with Gasteiger partial charge in [0, 0.05) is 11.6 Å². The SMILES string of the molecule is CCOc1ccccc1Nc1cc(-c2ccc(C)cc2)nc(C)n1. The maximum Gasteiger partial charge on any atom is 0.142 e. The topological polar surface area (TPSA) is 47.0 Å². The van der Waals surface area contributed by atoms with Crippen molar-refractivity contribution < 1.29 is 4.74 Å². The van der Waals surface area contributed by atoms with Crippen LogP contribution in [0.5, 0.6) is 5.75 Å². The Morgan fingerprint density at radius 1 is 0.958 bits per heavy atom. The monoisotopic (exact) mass is 319 g/mol. The molecule has 4 nitrogen and oxygen atoms in total. The first-order valence-corrected chi connectivity index (χ1v) is 8.07. The van der Waals surface area contributed by atoms with Crippen LogP contribution in [0.1, 0.15) is 18.3 Å². The van der Waals surface area contributed by atoms with E-state index in [2.05, 4.69) is 46.5 Å². The molecular formula is C20H21N3O. The van der Waals surface area contributed by atoms with Gasteiger partial charge in [-0.1, -0.05) is 42.0 Å². The fourth-order valence-corrected chi connectivity index (χ4v) is 2.49. The van der Waals surface area contributed by atoms with Crippen LogP contribution in [0.3, 0.4) is 0 Å². The van der Waals surface area contributed by atoms with Crippen molar-refractivity contribution in [1.29, 1.82) is 0 Å². The van der Waals surface area contributed by atoms with Gasteiger partial charge in [-0.2, -0.15) is 0 Å². The van der Waals surface area contributed by atoms with E-state index in [1.807, 2.05) is 44.2 Å². The molecule has 0 fully saturated rings. The van der Waals surface area contributed by atoms with Gasteiger partial charge in [-0.15, -0.1) is 0 Å². The van der Waals surface area contributed by atoms with Crippen LogP contribution in [0.25, 0.3) is 11.3 Å². The van der Waals surface area contributed by atoms with Gasteiger partial charge in [0.25, 0.3) is 0 Å². The molecule has 0 aliphatic carbocycles. The second-order valence-corrected chi connectivity index (χ2v) is 5.61. The Morgan fingerprint density at radius 3 is 2.46 bits per heavy atom. The average molecular weight is 319 g/mol. The molecule has 0 unspecified atom stereocenters. The predicted octanol–water partition coefficient (Wildman–Crippen LogP) is 4.90. The number of hydrogen-bond acceptors (Lipinski definition) is 4. The Labute approximate surface area is 142 Å². The molecule has 0 saturated heterocycles. The van der Waals surface area contributed by atoms with E-state index in [-0.39, 0.29) is 0 Å². The minimum Gasteiger partial charge on any atom is -0.492 e. The summed E-state index contributed by atoms with van der Waals surface area (Å²) < 4.78 is 5.66. The molecule has 4 heteroatoms. The Balaban J connectivity index is 1.93. The number of aryl methyl sites for hydroxylation is 2. The molecule has 0 bridgehead atoms. The second kappa shape index (κ2) is 7.13. The summed E-state index contributed by atoms with van der Waals surface area (Å²) in [5.41, 5.74) is 4.10. The molecule has 0 spiro atoms. The lowest BCUT2D eigenvalue weighted by molar-refractivity contribution is 0.342. The Kier molecular flexibility index (Phi) is 4.75. The van der Waals surface area contributed by atoms with Crippen LogP contribution >= 0.6 is 0 Å². The molecule has 1 heterocycles. The van der Waals surface area contributed by atoms with Crippen LogP contribution in [0.2, 0.25) is 0 Å². The smallest absolute Gasteiger partial charge is 0.142 e. The van der Waals surface area contributed by atoms with Gasteiger partial charge in [0.05, 0.1) is 18.0 Å². The first-order valence-electron chi connectivity index (χ1n) is 8.07. The highest BCUT2D eigenvalue weighted by molar-refractivity contribution is 5.68. The molecule has 0 aliphatic rings. The van der Waals surface area contributed by atoms with E-state index in [4.69, 9.17) is 4.74 Å². The lowest BCUT2D eigenvalue weighted by Crippen LogP contribution is -2.01. The van der Waals surface area contributed by atoms with Crippen molar-refractivity contribution in [2.24, 2.45) is 0 Å².